The summed E-state index contributed by atoms with van der Waals surface area (Å²) in [6.45, 7) is 4.58. The van der Waals surface area contributed by atoms with Crippen LogP contribution in [-0.2, 0) is 5.60 Å². The van der Waals surface area contributed by atoms with E-state index in [1.54, 1.807) is 11.3 Å². The quantitative estimate of drug-likeness (QED) is 0.810. The van der Waals surface area contributed by atoms with Crippen LogP contribution in [0.2, 0.25) is 0 Å². The summed E-state index contributed by atoms with van der Waals surface area (Å²) >= 11 is 1.69. The number of aliphatic hydroxyl groups is 1. The lowest BCUT2D eigenvalue weighted by molar-refractivity contribution is -0.0168. The molecule has 84 valence electrons. The Morgan fingerprint density at radius 3 is 2.53 bits per heavy atom. The fraction of sp³-hybridized carbons (Fsp3) is 0.692. The van der Waals surface area contributed by atoms with Gasteiger partial charge < -0.3 is 5.11 Å². The molecule has 0 amide bonds. The number of hydrogen-bond donors (Lipinski definition) is 1. The van der Waals surface area contributed by atoms with Gasteiger partial charge in [0.05, 0.1) is 5.60 Å². The summed E-state index contributed by atoms with van der Waals surface area (Å²) in [6.07, 6.45) is 4.23. The Bertz CT molecular complexity index is 294. The molecule has 2 rings (SSSR count). The van der Waals surface area contributed by atoms with Crippen LogP contribution < -0.4 is 0 Å². The molecular weight excluding hydrogens is 204 g/mol. The average Bonchev–Trinajstić information content (AvgIpc) is 2.71. The van der Waals surface area contributed by atoms with Gasteiger partial charge >= 0.3 is 0 Å². The fourth-order valence-electron chi connectivity index (χ4n) is 2.57. The molecule has 1 saturated carbocycles. The van der Waals surface area contributed by atoms with E-state index in [1.807, 2.05) is 6.07 Å². The number of rotatable bonds is 2. The van der Waals surface area contributed by atoms with Crippen molar-refractivity contribution in [1.29, 1.82) is 0 Å². The van der Waals surface area contributed by atoms with Crippen LogP contribution in [0.3, 0.4) is 0 Å². The first kappa shape index (κ1) is 11.2. The van der Waals surface area contributed by atoms with Gasteiger partial charge in [0.25, 0.3) is 0 Å². The molecule has 1 fully saturated rings. The molecule has 0 aromatic carbocycles. The number of thiophene rings is 1. The van der Waals surface area contributed by atoms with Crippen LogP contribution in [0, 0.1) is 11.8 Å². The summed E-state index contributed by atoms with van der Waals surface area (Å²) in [5, 5.41) is 12.6. The Kier molecular flexibility index (Phi) is 3.17. The van der Waals surface area contributed by atoms with Gasteiger partial charge in [-0.3, -0.25) is 0 Å². The van der Waals surface area contributed by atoms with E-state index in [1.165, 1.54) is 12.8 Å². The highest BCUT2D eigenvalue weighted by Crippen LogP contribution is 2.43. The molecule has 1 heterocycles. The Labute approximate surface area is 96.1 Å². The van der Waals surface area contributed by atoms with E-state index >= 15 is 0 Å². The molecule has 0 spiro atoms. The average molecular weight is 224 g/mol. The van der Waals surface area contributed by atoms with Crippen LogP contribution in [0.4, 0.5) is 0 Å². The van der Waals surface area contributed by atoms with E-state index < -0.39 is 5.60 Å². The highest BCUT2D eigenvalue weighted by atomic mass is 32.1. The van der Waals surface area contributed by atoms with E-state index in [2.05, 4.69) is 25.3 Å². The molecule has 1 aliphatic carbocycles. The molecule has 0 bridgehead atoms. The van der Waals surface area contributed by atoms with Crippen LogP contribution in [-0.4, -0.2) is 5.11 Å². The first-order valence-corrected chi connectivity index (χ1v) is 6.76. The third-order valence-corrected chi connectivity index (χ3v) is 4.84. The predicted molar refractivity (Wildman–Crippen MR) is 65.0 cm³/mol. The lowest BCUT2D eigenvalue weighted by Crippen LogP contribution is -2.32. The van der Waals surface area contributed by atoms with Crippen molar-refractivity contribution in [2.45, 2.75) is 45.1 Å². The van der Waals surface area contributed by atoms with Gasteiger partial charge in [0.2, 0.25) is 0 Å². The zero-order chi connectivity index (χ0) is 10.9. The maximum atomic E-state index is 10.5. The SMILES string of the molecule is CC(C)C1CCC(O)(c2cccs2)CC1. The molecule has 1 nitrogen and oxygen atoms in total. The van der Waals surface area contributed by atoms with Gasteiger partial charge in [-0.15, -0.1) is 11.3 Å². The Morgan fingerprint density at radius 1 is 1.40 bits per heavy atom. The molecule has 0 atom stereocenters. The van der Waals surface area contributed by atoms with Crippen LogP contribution in [0.25, 0.3) is 0 Å². The molecule has 1 N–H and O–H groups in total. The van der Waals surface area contributed by atoms with Crippen molar-refractivity contribution in [3.05, 3.63) is 22.4 Å². The van der Waals surface area contributed by atoms with Gasteiger partial charge in [-0.1, -0.05) is 19.9 Å². The first-order valence-electron chi connectivity index (χ1n) is 5.88. The molecule has 15 heavy (non-hydrogen) atoms. The van der Waals surface area contributed by atoms with E-state index in [0.29, 0.717) is 0 Å². The van der Waals surface area contributed by atoms with Crippen molar-refractivity contribution in [1.82, 2.24) is 0 Å². The third-order valence-electron chi connectivity index (χ3n) is 3.78. The highest BCUT2D eigenvalue weighted by Gasteiger charge is 2.36. The highest BCUT2D eigenvalue weighted by molar-refractivity contribution is 7.10. The Balaban J connectivity index is 2.03. The summed E-state index contributed by atoms with van der Waals surface area (Å²) in [5.41, 5.74) is -0.514. The smallest absolute Gasteiger partial charge is 0.0988 e. The standard InChI is InChI=1S/C13H20OS/c1-10(2)11-5-7-13(14,8-6-11)12-4-3-9-15-12/h3-4,9-11,14H,5-8H2,1-2H3. The normalized spacial score (nSPS) is 32.1. The van der Waals surface area contributed by atoms with Crippen molar-refractivity contribution in [2.24, 2.45) is 11.8 Å². The van der Waals surface area contributed by atoms with Crippen molar-refractivity contribution < 1.29 is 5.11 Å². The van der Waals surface area contributed by atoms with Gasteiger partial charge in [0.1, 0.15) is 0 Å². The topological polar surface area (TPSA) is 20.2 Å². The molecule has 1 aliphatic rings. The number of hydrogen-bond acceptors (Lipinski definition) is 2. The van der Waals surface area contributed by atoms with Crippen LogP contribution in [0.1, 0.15) is 44.4 Å². The summed E-state index contributed by atoms with van der Waals surface area (Å²) in [4.78, 5) is 1.16. The first-order chi connectivity index (χ1) is 7.12. The van der Waals surface area contributed by atoms with Crippen molar-refractivity contribution in [2.75, 3.05) is 0 Å². The fourth-order valence-corrected chi connectivity index (χ4v) is 3.46. The van der Waals surface area contributed by atoms with E-state index in [4.69, 9.17) is 0 Å². The minimum atomic E-state index is -0.514. The molecule has 1 aromatic rings. The van der Waals surface area contributed by atoms with Gasteiger partial charge in [0, 0.05) is 4.88 Å². The van der Waals surface area contributed by atoms with Crippen molar-refractivity contribution in [3.8, 4) is 0 Å². The third kappa shape index (κ3) is 2.26. The van der Waals surface area contributed by atoms with E-state index in [0.717, 1.165) is 29.6 Å². The molecule has 0 aliphatic heterocycles. The Morgan fingerprint density at radius 2 is 2.07 bits per heavy atom. The van der Waals surface area contributed by atoms with Crippen LogP contribution >= 0.6 is 11.3 Å². The van der Waals surface area contributed by atoms with Gasteiger partial charge in [0.15, 0.2) is 0 Å². The summed E-state index contributed by atoms with van der Waals surface area (Å²) in [7, 11) is 0. The van der Waals surface area contributed by atoms with Crippen molar-refractivity contribution in [3.63, 3.8) is 0 Å². The van der Waals surface area contributed by atoms with Gasteiger partial charge in [-0.2, -0.15) is 0 Å². The summed E-state index contributed by atoms with van der Waals surface area (Å²) in [5.74, 6) is 1.57. The molecule has 2 heteroatoms. The van der Waals surface area contributed by atoms with Crippen LogP contribution in [0.15, 0.2) is 17.5 Å². The molecular formula is C13H20OS. The summed E-state index contributed by atoms with van der Waals surface area (Å²) in [6, 6.07) is 4.10. The minimum Gasteiger partial charge on any atom is -0.384 e. The molecule has 1 aromatic heterocycles. The summed E-state index contributed by atoms with van der Waals surface area (Å²) < 4.78 is 0. The second-order valence-corrected chi connectivity index (χ2v) is 6.04. The maximum absolute atomic E-state index is 10.5. The monoisotopic (exact) mass is 224 g/mol. The largest absolute Gasteiger partial charge is 0.384 e. The Hall–Kier alpha value is -0.340. The van der Waals surface area contributed by atoms with E-state index in [-0.39, 0.29) is 0 Å². The van der Waals surface area contributed by atoms with Gasteiger partial charge in [-0.05, 0) is 49.0 Å². The molecule has 0 saturated heterocycles. The zero-order valence-corrected chi connectivity index (χ0v) is 10.4. The predicted octanol–water partition coefficient (Wildman–Crippen LogP) is 3.78. The van der Waals surface area contributed by atoms with Crippen molar-refractivity contribution >= 4 is 11.3 Å². The van der Waals surface area contributed by atoms with E-state index in [9.17, 15) is 5.11 Å². The lowest BCUT2D eigenvalue weighted by atomic mass is 9.74. The molecule has 0 unspecified atom stereocenters. The zero-order valence-electron chi connectivity index (χ0n) is 9.57. The molecule has 0 radical (unpaired) electrons. The lowest BCUT2D eigenvalue weighted by Gasteiger charge is -2.36. The van der Waals surface area contributed by atoms with Gasteiger partial charge in [-0.25, -0.2) is 0 Å². The second kappa shape index (κ2) is 4.26. The minimum absolute atomic E-state index is 0.514. The second-order valence-electron chi connectivity index (χ2n) is 5.09. The van der Waals surface area contributed by atoms with Crippen LogP contribution in [0.5, 0.6) is 0 Å². The maximum Gasteiger partial charge on any atom is 0.0988 e.